The molecule has 0 amide bonds. The second-order valence-electron chi connectivity index (χ2n) is 4.72. The van der Waals surface area contributed by atoms with Crippen molar-refractivity contribution in [1.82, 2.24) is 19.7 Å². The van der Waals surface area contributed by atoms with Gasteiger partial charge in [-0.15, -0.1) is 11.3 Å². The predicted octanol–water partition coefficient (Wildman–Crippen LogP) is 3.44. The van der Waals surface area contributed by atoms with Crippen LogP contribution in [-0.4, -0.2) is 19.7 Å². The van der Waals surface area contributed by atoms with Gasteiger partial charge in [-0.25, -0.2) is 4.98 Å². The van der Waals surface area contributed by atoms with Crippen molar-refractivity contribution in [1.29, 1.82) is 0 Å². The van der Waals surface area contributed by atoms with Crippen LogP contribution < -0.4 is 5.73 Å². The number of furan rings is 1. The molecule has 0 unspecified atom stereocenters. The molecule has 110 valence electrons. The molecule has 0 atom stereocenters. The van der Waals surface area contributed by atoms with E-state index in [1.54, 1.807) is 12.5 Å². The number of aromatic amines is 1. The highest BCUT2D eigenvalue weighted by molar-refractivity contribution is 7.71. The third kappa shape index (κ3) is 2.04. The van der Waals surface area contributed by atoms with E-state index in [-0.39, 0.29) is 0 Å². The number of hydrogen-bond donors (Lipinski definition) is 2. The van der Waals surface area contributed by atoms with Gasteiger partial charge in [0.25, 0.3) is 0 Å². The van der Waals surface area contributed by atoms with Gasteiger partial charge in [0.15, 0.2) is 10.6 Å². The third-order valence-corrected chi connectivity index (χ3v) is 4.80. The van der Waals surface area contributed by atoms with Gasteiger partial charge in [-0.1, -0.05) is 0 Å². The summed E-state index contributed by atoms with van der Waals surface area (Å²) in [4.78, 5) is 6.08. The van der Waals surface area contributed by atoms with Gasteiger partial charge in [-0.3, -0.25) is 9.67 Å². The van der Waals surface area contributed by atoms with Gasteiger partial charge in [-0.2, -0.15) is 5.10 Å². The zero-order chi connectivity index (χ0) is 15.1. The average Bonchev–Trinajstić information content (AvgIpc) is 3.23. The lowest BCUT2D eigenvalue weighted by Crippen LogP contribution is -2.01. The highest BCUT2D eigenvalue weighted by Gasteiger charge is 2.18. The SMILES string of the molecule is Nc1c(-c2n[nH]c(=S)n2Cc2ccco2)sc2ncccc12. The van der Waals surface area contributed by atoms with Crippen LogP contribution in [0.3, 0.4) is 0 Å². The lowest BCUT2D eigenvalue weighted by atomic mass is 10.2. The summed E-state index contributed by atoms with van der Waals surface area (Å²) in [6, 6.07) is 7.57. The fraction of sp³-hybridized carbons (Fsp3) is 0.0714. The first kappa shape index (κ1) is 13.2. The molecule has 4 rings (SSSR count). The second-order valence-corrected chi connectivity index (χ2v) is 6.10. The summed E-state index contributed by atoms with van der Waals surface area (Å²) < 4.78 is 7.79. The first-order valence-electron chi connectivity index (χ1n) is 6.55. The minimum atomic E-state index is 0.499. The average molecular weight is 329 g/mol. The van der Waals surface area contributed by atoms with Crippen LogP contribution in [0.25, 0.3) is 20.9 Å². The van der Waals surface area contributed by atoms with E-state index in [1.165, 1.54) is 11.3 Å². The van der Waals surface area contributed by atoms with E-state index in [9.17, 15) is 0 Å². The summed E-state index contributed by atoms with van der Waals surface area (Å²) in [6.07, 6.45) is 3.39. The summed E-state index contributed by atoms with van der Waals surface area (Å²) in [7, 11) is 0. The van der Waals surface area contributed by atoms with Crippen LogP contribution in [0.5, 0.6) is 0 Å². The van der Waals surface area contributed by atoms with Crippen LogP contribution in [0.1, 0.15) is 5.76 Å². The maximum absolute atomic E-state index is 6.27. The standard InChI is InChI=1S/C14H11N5OS2/c15-10-9-4-1-5-16-13(9)22-11(10)12-17-18-14(21)19(12)7-8-3-2-6-20-8/h1-6H,7,15H2,(H,18,21). The number of H-pyrrole nitrogens is 1. The monoisotopic (exact) mass is 329 g/mol. The van der Waals surface area contributed by atoms with Gasteiger partial charge in [-0.05, 0) is 36.5 Å². The van der Waals surface area contributed by atoms with Crippen molar-refractivity contribution in [3.05, 3.63) is 47.3 Å². The molecule has 0 aliphatic carbocycles. The van der Waals surface area contributed by atoms with E-state index in [4.69, 9.17) is 22.4 Å². The normalized spacial score (nSPS) is 11.3. The second kappa shape index (κ2) is 5.08. The van der Waals surface area contributed by atoms with E-state index in [0.717, 1.165) is 20.9 Å². The molecule has 4 aromatic rings. The van der Waals surface area contributed by atoms with Gasteiger partial charge >= 0.3 is 0 Å². The van der Waals surface area contributed by atoms with Crippen molar-refractivity contribution in [2.45, 2.75) is 6.54 Å². The molecule has 8 heteroatoms. The third-order valence-electron chi connectivity index (χ3n) is 3.36. The largest absolute Gasteiger partial charge is 0.467 e. The molecule has 4 heterocycles. The van der Waals surface area contributed by atoms with Crippen LogP contribution in [0.4, 0.5) is 5.69 Å². The Morgan fingerprint density at radius 2 is 2.27 bits per heavy atom. The van der Waals surface area contributed by atoms with Crippen LogP contribution in [0.2, 0.25) is 0 Å². The molecule has 0 saturated heterocycles. The summed E-state index contributed by atoms with van der Waals surface area (Å²) >= 11 is 6.82. The number of rotatable bonds is 3. The van der Waals surface area contributed by atoms with E-state index in [1.807, 2.05) is 28.8 Å². The molecular weight excluding hydrogens is 318 g/mol. The molecular formula is C14H11N5OS2. The summed E-state index contributed by atoms with van der Waals surface area (Å²) in [5.74, 6) is 1.50. The maximum atomic E-state index is 6.27. The zero-order valence-corrected chi connectivity index (χ0v) is 12.9. The molecule has 6 nitrogen and oxygen atoms in total. The quantitative estimate of drug-likeness (QED) is 0.562. The number of nitrogens with one attached hydrogen (secondary N) is 1. The lowest BCUT2D eigenvalue weighted by Gasteiger charge is -2.04. The first-order valence-corrected chi connectivity index (χ1v) is 7.77. The fourth-order valence-electron chi connectivity index (χ4n) is 2.31. The van der Waals surface area contributed by atoms with Gasteiger partial charge < -0.3 is 10.2 Å². The molecule has 0 bridgehead atoms. The van der Waals surface area contributed by atoms with Crippen molar-refractivity contribution < 1.29 is 4.42 Å². The molecule has 0 aromatic carbocycles. The van der Waals surface area contributed by atoms with Crippen molar-refractivity contribution in [3.63, 3.8) is 0 Å². The number of nitrogens with two attached hydrogens (primary N) is 1. The number of nitrogens with zero attached hydrogens (tertiary/aromatic N) is 3. The number of aromatic nitrogens is 4. The van der Waals surface area contributed by atoms with E-state index in [2.05, 4.69) is 15.2 Å². The Bertz CT molecular complexity index is 996. The smallest absolute Gasteiger partial charge is 0.195 e. The molecule has 0 saturated carbocycles. The summed E-state index contributed by atoms with van der Waals surface area (Å²) in [5.41, 5.74) is 6.94. The summed E-state index contributed by atoms with van der Waals surface area (Å²) in [5, 5.41) is 8.09. The Balaban J connectivity index is 1.88. The molecule has 0 aliphatic heterocycles. The Labute approximate surface area is 134 Å². The molecule has 3 N–H and O–H groups in total. The topological polar surface area (TPSA) is 85.7 Å². The molecule has 0 aliphatic rings. The minimum Gasteiger partial charge on any atom is -0.467 e. The Kier molecular flexibility index (Phi) is 3.05. The van der Waals surface area contributed by atoms with E-state index < -0.39 is 0 Å². The predicted molar refractivity (Wildman–Crippen MR) is 88.2 cm³/mol. The maximum Gasteiger partial charge on any atom is 0.195 e. The van der Waals surface area contributed by atoms with Crippen LogP contribution in [-0.2, 0) is 6.54 Å². The number of hydrogen-bond acceptors (Lipinski definition) is 6. The molecule has 0 radical (unpaired) electrons. The number of pyridine rings is 1. The Morgan fingerprint density at radius 3 is 3.05 bits per heavy atom. The number of fused-ring (bicyclic) bond motifs is 1. The zero-order valence-electron chi connectivity index (χ0n) is 11.3. The Hall–Kier alpha value is -2.45. The van der Waals surface area contributed by atoms with Crippen molar-refractivity contribution >= 4 is 39.5 Å². The fourth-order valence-corrected chi connectivity index (χ4v) is 3.57. The van der Waals surface area contributed by atoms with Crippen LogP contribution in [0, 0.1) is 4.77 Å². The first-order chi connectivity index (χ1) is 10.7. The Morgan fingerprint density at radius 1 is 1.36 bits per heavy atom. The number of anilines is 1. The lowest BCUT2D eigenvalue weighted by molar-refractivity contribution is 0.493. The molecule has 4 aromatic heterocycles. The van der Waals surface area contributed by atoms with E-state index >= 15 is 0 Å². The van der Waals surface area contributed by atoms with Crippen molar-refractivity contribution in [3.8, 4) is 10.7 Å². The minimum absolute atomic E-state index is 0.499. The molecule has 0 fully saturated rings. The molecule has 0 spiro atoms. The van der Waals surface area contributed by atoms with Crippen molar-refractivity contribution in [2.75, 3.05) is 5.73 Å². The number of thiophene rings is 1. The van der Waals surface area contributed by atoms with E-state index in [0.29, 0.717) is 22.8 Å². The molecule has 22 heavy (non-hydrogen) atoms. The van der Waals surface area contributed by atoms with Crippen molar-refractivity contribution in [2.24, 2.45) is 0 Å². The number of nitrogen functional groups attached to an aromatic ring is 1. The van der Waals surface area contributed by atoms with Crippen LogP contribution in [0.15, 0.2) is 41.1 Å². The summed E-state index contributed by atoms with van der Waals surface area (Å²) in [6.45, 7) is 0.499. The van der Waals surface area contributed by atoms with Crippen LogP contribution >= 0.6 is 23.6 Å². The van der Waals surface area contributed by atoms with Gasteiger partial charge in [0.1, 0.15) is 10.6 Å². The highest BCUT2D eigenvalue weighted by atomic mass is 32.1. The van der Waals surface area contributed by atoms with Gasteiger partial charge in [0.05, 0.1) is 23.4 Å². The van der Waals surface area contributed by atoms with Gasteiger partial charge in [0, 0.05) is 11.6 Å². The highest BCUT2D eigenvalue weighted by Crippen LogP contribution is 2.38. The van der Waals surface area contributed by atoms with Gasteiger partial charge in [0.2, 0.25) is 0 Å².